The lowest BCUT2D eigenvalue weighted by Gasteiger charge is -2.22. The Morgan fingerprint density at radius 2 is 2.24 bits per heavy atom. The third kappa shape index (κ3) is 6.61. The monoisotopic (exact) mass is 244 g/mol. The number of carbonyl (C=O) groups is 1. The average Bonchev–Trinajstić information content (AvgIpc) is 2.38. The number of amides is 1. The van der Waals surface area contributed by atoms with Crippen LogP contribution in [-0.2, 0) is 14.3 Å². The minimum Gasteiger partial charge on any atom is -0.382 e. The van der Waals surface area contributed by atoms with Crippen LogP contribution < -0.4 is 10.6 Å². The number of nitrogens with one attached hydrogen (secondary N) is 2. The topological polar surface area (TPSA) is 59.6 Å². The van der Waals surface area contributed by atoms with E-state index in [1.54, 1.807) is 7.11 Å². The van der Waals surface area contributed by atoms with E-state index in [9.17, 15) is 4.79 Å². The predicted octanol–water partition coefficient (Wildman–Crippen LogP) is 0.298. The maximum Gasteiger partial charge on any atom is 0.237 e. The highest BCUT2D eigenvalue weighted by Crippen LogP contribution is 2.06. The molecule has 0 aromatic carbocycles. The quantitative estimate of drug-likeness (QED) is 0.603. The molecule has 0 aromatic heterocycles. The van der Waals surface area contributed by atoms with Gasteiger partial charge in [0.1, 0.15) is 0 Å². The molecule has 1 rings (SSSR count). The molecule has 1 atom stereocenters. The van der Waals surface area contributed by atoms with E-state index in [2.05, 4.69) is 10.6 Å². The van der Waals surface area contributed by atoms with Gasteiger partial charge >= 0.3 is 0 Å². The molecule has 1 amide bonds. The van der Waals surface area contributed by atoms with Crippen molar-refractivity contribution in [2.24, 2.45) is 0 Å². The molecule has 5 nitrogen and oxygen atoms in total. The Morgan fingerprint density at radius 3 is 2.94 bits per heavy atom. The third-order valence-electron chi connectivity index (χ3n) is 2.82. The van der Waals surface area contributed by atoms with Crippen molar-refractivity contribution < 1.29 is 14.3 Å². The summed E-state index contributed by atoms with van der Waals surface area (Å²) in [5.41, 5.74) is 0. The fourth-order valence-corrected chi connectivity index (χ4v) is 1.83. The molecule has 1 saturated heterocycles. The molecule has 0 unspecified atom stereocenters. The molecule has 2 N–H and O–H groups in total. The number of hydrogen-bond donors (Lipinski definition) is 2. The highest BCUT2D eigenvalue weighted by atomic mass is 16.5. The second-order valence-corrected chi connectivity index (χ2v) is 4.25. The zero-order valence-corrected chi connectivity index (χ0v) is 10.7. The van der Waals surface area contributed by atoms with Crippen LogP contribution in [0, 0.1) is 0 Å². The number of piperidine rings is 1. The molecule has 0 radical (unpaired) electrons. The van der Waals surface area contributed by atoms with Crippen molar-refractivity contribution in [2.45, 2.75) is 31.7 Å². The number of ether oxygens (including phenoxy) is 2. The Morgan fingerprint density at radius 1 is 1.35 bits per heavy atom. The molecule has 100 valence electrons. The summed E-state index contributed by atoms with van der Waals surface area (Å²) >= 11 is 0. The number of carbonyl (C=O) groups excluding carboxylic acids is 1. The van der Waals surface area contributed by atoms with Crippen LogP contribution >= 0.6 is 0 Å². The van der Waals surface area contributed by atoms with E-state index in [1.165, 1.54) is 6.42 Å². The normalized spacial score (nSPS) is 20.2. The van der Waals surface area contributed by atoms with Crippen molar-refractivity contribution in [1.82, 2.24) is 10.6 Å². The van der Waals surface area contributed by atoms with E-state index in [0.717, 1.165) is 25.8 Å². The number of methoxy groups -OCH3 is 1. The Kier molecular flexibility index (Phi) is 7.96. The molecule has 5 heteroatoms. The molecular weight excluding hydrogens is 220 g/mol. The van der Waals surface area contributed by atoms with Gasteiger partial charge in [-0.2, -0.15) is 0 Å². The molecule has 0 aliphatic carbocycles. The van der Waals surface area contributed by atoms with Crippen LogP contribution in [0.3, 0.4) is 0 Å². The molecular formula is C12H24N2O3. The summed E-state index contributed by atoms with van der Waals surface area (Å²) in [4.78, 5) is 11.7. The van der Waals surface area contributed by atoms with Crippen molar-refractivity contribution in [3.63, 3.8) is 0 Å². The zero-order chi connectivity index (χ0) is 12.3. The number of hydrogen-bond acceptors (Lipinski definition) is 4. The molecule has 17 heavy (non-hydrogen) atoms. The Hall–Kier alpha value is -0.650. The summed E-state index contributed by atoms with van der Waals surface area (Å²) < 4.78 is 10.2. The molecule has 0 spiro atoms. The molecule has 0 saturated carbocycles. The maximum atomic E-state index is 11.7. The van der Waals surface area contributed by atoms with Crippen molar-refractivity contribution in [3.8, 4) is 0 Å². The van der Waals surface area contributed by atoms with Gasteiger partial charge < -0.3 is 20.1 Å². The van der Waals surface area contributed by atoms with E-state index in [4.69, 9.17) is 9.47 Å². The first-order valence-corrected chi connectivity index (χ1v) is 6.42. The number of rotatable bonds is 8. The van der Waals surface area contributed by atoms with Gasteiger partial charge in [0.05, 0.1) is 19.3 Å². The third-order valence-corrected chi connectivity index (χ3v) is 2.82. The molecule has 1 aliphatic rings. The first-order valence-electron chi connectivity index (χ1n) is 6.42. The van der Waals surface area contributed by atoms with Gasteiger partial charge in [-0.05, 0) is 25.8 Å². The van der Waals surface area contributed by atoms with Crippen molar-refractivity contribution in [2.75, 3.05) is 40.0 Å². The van der Waals surface area contributed by atoms with Gasteiger partial charge in [-0.1, -0.05) is 6.42 Å². The van der Waals surface area contributed by atoms with Gasteiger partial charge in [-0.3, -0.25) is 4.79 Å². The van der Waals surface area contributed by atoms with E-state index < -0.39 is 0 Å². The van der Waals surface area contributed by atoms with Gasteiger partial charge in [0, 0.05) is 20.3 Å². The lowest BCUT2D eigenvalue weighted by atomic mass is 10.0. The standard InChI is InChI=1S/C12H24N2O3/c1-16-9-10-17-8-4-7-14-12(15)11-5-2-3-6-13-11/h11,13H,2-10H2,1H3,(H,14,15)/t11-/m0/s1. The Labute approximate surface area is 103 Å². The van der Waals surface area contributed by atoms with Crippen LogP contribution in [0.25, 0.3) is 0 Å². The maximum absolute atomic E-state index is 11.7. The Balaban J connectivity index is 1.92. The van der Waals surface area contributed by atoms with Crippen LogP contribution in [0.4, 0.5) is 0 Å². The van der Waals surface area contributed by atoms with Crippen molar-refractivity contribution in [3.05, 3.63) is 0 Å². The lowest BCUT2D eigenvalue weighted by molar-refractivity contribution is -0.123. The second-order valence-electron chi connectivity index (χ2n) is 4.25. The molecule has 0 bridgehead atoms. The van der Waals surface area contributed by atoms with Crippen molar-refractivity contribution >= 4 is 5.91 Å². The van der Waals surface area contributed by atoms with Crippen LogP contribution in [0.15, 0.2) is 0 Å². The van der Waals surface area contributed by atoms with Crippen LogP contribution in [-0.4, -0.2) is 52.0 Å². The van der Waals surface area contributed by atoms with Gasteiger partial charge in [0.2, 0.25) is 5.91 Å². The first kappa shape index (κ1) is 14.4. The summed E-state index contributed by atoms with van der Waals surface area (Å²) in [6.45, 7) is 3.55. The minimum atomic E-state index is 0.0122. The van der Waals surface area contributed by atoms with Crippen LogP contribution in [0.2, 0.25) is 0 Å². The SMILES string of the molecule is COCCOCCCNC(=O)[C@@H]1CCCCN1. The molecule has 0 aromatic rings. The zero-order valence-electron chi connectivity index (χ0n) is 10.7. The average molecular weight is 244 g/mol. The van der Waals surface area contributed by atoms with Gasteiger partial charge in [0.15, 0.2) is 0 Å². The highest BCUT2D eigenvalue weighted by Gasteiger charge is 2.19. The van der Waals surface area contributed by atoms with Crippen LogP contribution in [0.5, 0.6) is 0 Å². The van der Waals surface area contributed by atoms with Crippen molar-refractivity contribution in [1.29, 1.82) is 0 Å². The van der Waals surface area contributed by atoms with Gasteiger partial charge in [-0.15, -0.1) is 0 Å². The fourth-order valence-electron chi connectivity index (χ4n) is 1.83. The van der Waals surface area contributed by atoms with E-state index in [0.29, 0.717) is 26.4 Å². The second kappa shape index (κ2) is 9.39. The molecule has 1 aliphatic heterocycles. The highest BCUT2D eigenvalue weighted by molar-refractivity contribution is 5.81. The van der Waals surface area contributed by atoms with E-state index in [-0.39, 0.29) is 11.9 Å². The Bertz CT molecular complexity index is 206. The summed E-state index contributed by atoms with van der Waals surface area (Å²) in [5.74, 6) is 0.126. The summed E-state index contributed by atoms with van der Waals surface area (Å²) in [7, 11) is 1.65. The fraction of sp³-hybridized carbons (Fsp3) is 0.917. The lowest BCUT2D eigenvalue weighted by Crippen LogP contribution is -2.46. The molecule has 1 heterocycles. The van der Waals surface area contributed by atoms with Gasteiger partial charge in [-0.25, -0.2) is 0 Å². The van der Waals surface area contributed by atoms with Gasteiger partial charge in [0.25, 0.3) is 0 Å². The smallest absolute Gasteiger partial charge is 0.237 e. The summed E-state index contributed by atoms with van der Waals surface area (Å²) in [6.07, 6.45) is 4.13. The predicted molar refractivity (Wildman–Crippen MR) is 66.0 cm³/mol. The molecule has 1 fully saturated rings. The van der Waals surface area contributed by atoms with E-state index >= 15 is 0 Å². The summed E-state index contributed by atoms with van der Waals surface area (Å²) in [5, 5.41) is 6.16. The van der Waals surface area contributed by atoms with E-state index in [1.807, 2.05) is 0 Å². The first-order chi connectivity index (χ1) is 8.34. The minimum absolute atomic E-state index is 0.0122. The summed E-state index contributed by atoms with van der Waals surface area (Å²) in [6, 6.07) is 0.0122. The van der Waals surface area contributed by atoms with Crippen LogP contribution in [0.1, 0.15) is 25.7 Å². The largest absolute Gasteiger partial charge is 0.382 e.